The summed E-state index contributed by atoms with van der Waals surface area (Å²) in [5.74, 6) is 0. The van der Waals surface area contributed by atoms with Crippen molar-refractivity contribution in [3.63, 3.8) is 0 Å². The minimum Gasteiger partial charge on any atom is -0.377 e. The van der Waals surface area contributed by atoms with Crippen molar-refractivity contribution in [2.45, 2.75) is 5.60 Å². The number of rotatable bonds is 27. The summed E-state index contributed by atoms with van der Waals surface area (Å²) in [4.78, 5) is 0. The zero-order chi connectivity index (χ0) is 30.8. The van der Waals surface area contributed by atoms with Gasteiger partial charge in [0, 0.05) is 0 Å². The third-order valence-electron chi connectivity index (χ3n) is 6.55. The number of hydrogen-bond acceptors (Lipinski definition) is 8. The van der Waals surface area contributed by atoms with Crippen LogP contribution in [0.25, 0.3) is 0 Å². The highest BCUT2D eigenvalue weighted by molar-refractivity contribution is 5.47. The minimum atomic E-state index is -0.742. The van der Waals surface area contributed by atoms with E-state index in [1.54, 1.807) is 6.08 Å². The molecule has 0 amide bonds. The second-order valence-electron chi connectivity index (χ2n) is 9.67. The lowest BCUT2D eigenvalue weighted by Gasteiger charge is -2.36. The van der Waals surface area contributed by atoms with Crippen molar-refractivity contribution in [3.8, 4) is 0 Å². The first-order chi connectivity index (χ1) is 21.9. The van der Waals surface area contributed by atoms with Crippen LogP contribution in [0.4, 0.5) is 0 Å². The van der Waals surface area contributed by atoms with Crippen molar-refractivity contribution in [1.82, 2.24) is 0 Å². The first-order valence-corrected chi connectivity index (χ1v) is 15.3. The fourth-order valence-corrected chi connectivity index (χ4v) is 4.51. The molecule has 8 heteroatoms. The van der Waals surface area contributed by atoms with Gasteiger partial charge < -0.3 is 37.9 Å². The first kappa shape index (κ1) is 35.6. The second kappa shape index (κ2) is 23.5. The van der Waals surface area contributed by atoms with E-state index in [1.165, 1.54) is 0 Å². The predicted molar refractivity (Wildman–Crippen MR) is 171 cm³/mol. The molecule has 0 aliphatic rings. The average molecular weight is 609 g/mol. The van der Waals surface area contributed by atoms with E-state index in [-0.39, 0.29) is 0 Å². The van der Waals surface area contributed by atoms with E-state index in [2.05, 4.69) is 43.0 Å². The highest BCUT2D eigenvalue weighted by atomic mass is 16.6. The maximum Gasteiger partial charge on any atom is 0.143 e. The molecular formula is C36H48O8. The SMILES string of the molecule is C=CCOCCOCCOCCOCCOCCOCCOCCOC(c1ccccc1)(c1ccccc1)c1ccccc1. The highest BCUT2D eigenvalue weighted by Gasteiger charge is 2.37. The molecule has 3 aromatic carbocycles. The lowest BCUT2D eigenvalue weighted by Crippen LogP contribution is -2.34. The van der Waals surface area contributed by atoms with Crippen LogP contribution in [0.2, 0.25) is 0 Å². The van der Waals surface area contributed by atoms with Crippen molar-refractivity contribution in [2.75, 3.05) is 99.1 Å². The second-order valence-corrected chi connectivity index (χ2v) is 9.67. The molecule has 44 heavy (non-hydrogen) atoms. The normalized spacial score (nSPS) is 11.5. The van der Waals surface area contributed by atoms with Crippen LogP contribution < -0.4 is 0 Å². The third kappa shape index (κ3) is 13.4. The van der Waals surface area contributed by atoms with E-state index in [1.807, 2.05) is 54.6 Å². The van der Waals surface area contributed by atoms with E-state index in [0.717, 1.165) is 16.7 Å². The molecule has 0 fully saturated rings. The van der Waals surface area contributed by atoms with Crippen LogP contribution in [0, 0.1) is 0 Å². The Morgan fingerprint density at radius 3 is 0.955 bits per heavy atom. The Kier molecular flexibility index (Phi) is 19.0. The van der Waals surface area contributed by atoms with Gasteiger partial charge in [0.2, 0.25) is 0 Å². The van der Waals surface area contributed by atoms with Crippen LogP contribution in [0.1, 0.15) is 16.7 Å². The lowest BCUT2D eigenvalue weighted by atomic mass is 9.80. The molecule has 0 unspecified atom stereocenters. The Morgan fingerprint density at radius 1 is 0.386 bits per heavy atom. The summed E-state index contributed by atoms with van der Waals surface area (Å²) >= 11 is 0. The molecular weight excluding hydrogens is 560 g/mol. The van der Waals surface area contributed by atoms with Crippen LogP contribution >= 0.6 is 0 Å². The van der Waals surface area contributed by atoms with Crippen LogP contribution in [0.15, 0.2) is 104 Å². The number of ether oxygens (including phenoxy) is 8. The van der Waals surface area contributed by atoms with Crippen molar-refractivity contribution < 1.29 is 37.9 Å². The quantitative estimate of drug-likeness (QED) is 0.0656. The van der Waals surface area contributed by atoms with E-state index < -0.39 is 5.60 Å². The van der Waals surface area contributed by atoms with Crippen molar-refractivity contribution in [1.29, 1.82) is 0 Å². The maximum atomic E-state index is 6.71. The topological polar surface area (TPSA) is 73.8 Å². The summed E-state index contributed by atoms with van der Waals surface area (Å²) in [6.45, 7) is 11.2. The Bertz CT molecular complexity index is 984. The Hall–Kier alpha value is -2.92. The van der Waals surface area contributed by atoms with Gasteiger partial charge in [-0.1, -0.05) is 97.1 Å². The van der Waals surface area contributed by atoms with Gasteiger partial charge in [-0.05, 0) is 16.7 Å². The summed E-state index contributed by atoms with van der Waals surface area (Å²) in [5, 5.41) is 0. The smallest absolute Gasteiger partial charge is 0.143 e. The molecule has 0 spiro atoms. The third-order valence-corrected chi connectivity index (χ3v) is 6.55. The molecule has 0 bridgehead atoms. The highest BCUT2D eigenvalue weighted by Crippen LogP contribution is 2.40. The fourth-order valence-electron chi connectivity index (χ4n) is 4.51. The Balaban J connectivity index is 1.22. The van der Waals surface area contributed by atoms with Crippen molar-refractivity contribution in [3.05, 3.63) is 120 Å². The van der Waals surface area contributed by atoms with Gasteiger partial charge in [0.25, 0.3) is 0 Å². The monoisotopic (exact) mass is 608 g/mol. The van der Waals surface area contributed by atoms with E-state index >= 15 is 0 Å². The zero-order valence-electron chi connectivity index (χ0n) is 25.8. The van der Waals surface area contributed by atoms with E-state index in [0.29, 0.717) is 99.1 Å². The van der Waals surface area contributed by atoms with E-state index in [9.17, 15) is 0 Å². The van der Waals surface area contributed by atoms with Gasteiger partial charge in [-0.3, -0.25) is 0 Å². The summed E-state index contributed by atoms with van der Waals surface area (Å²) in [5.41, 5.74) is 2.47. The van der Waals surface area contributed by atoms with Gasteiger partial charge in [-0.2, -0.15) is 0 Å². The Labute approximate surface area is 262 Å². The molecule has 0 aliphatic heterocycles. The van der Waals surface area contributed by atoms with Crippen LogP contribution in [-0.4, -0.2) is 99.1 Å². The molecule has 0 saturated heterocycles. The van der Waals surface area contributed by atoms with Gasteiger partial charge in [0.15, 0.2) is 0 Å². The molecule has 0 aromatic heterocycles. The molecule has 240 valence electrons. The molecule has 0 atom stereocenters. The average Bonchev–Trinajstić information content (AvgIpc) is 3.08. The first-order valence-electron chi connectivity index (χ1n) is 15.3. The lowest BCUT2D eigenvalue weighted by molar-refractivity contribution is -0.0396. The molecule has 0 aliphatic carbocycles. The summed E-state index contributed by atoms with van der Waals surface area (Å²) in [6.07, 6.45) is 1.72. The summed E-state index contributed by atoms with van der Waals surface area (Å²) < 4.78 is 45.3. The van der Waals surface area contributed by atoms with Crippen molar-refractivity contribution in [2.24, 2.45) is 0 Å². The van der Waals surface area contributed by atoms with Crippen LogP contribution in [0.5, 0.6) is 0 Å². The molecule has 0 heterocycles. The molecule has 3 aromatic rings. The number of hydrogen-bond donors (Lipinski definition) is 0. The van der Waals surface area contributed by atoms with Gasteiger partial charge in [-0.15, -0.1) is 6.58 Å². The molecule has 0 saturated carbocycles. The Morgan fingerprint density at radius 2 is 0.659 bits per heavy atom. The molecule has 0 N–H and O–H groups in total. The van der Waals surface area contributed by atoms with E-state index in [4.69, 9.17) is 37.9 Å². The number of benzene rings is 3. The molecule has 0 radical (unpaired) electrons. The van der Waals surface area contributed by atoms with Gasteiger partial charge in [-0.25, -0.2) is 0 Å². The van der Waals surface area contributed by atoms with Gasteiger partial charge in [0.1, 0.15) is 5.60 Å². The summed E-state index contributed by atoms with van der Waals surface area (Å²) in [7, 11) is 0. The molecule has 8 nitrogen and oxygen atoms in total. The standard InChI is InChI=1S/C36H48O8/c1-2-18-37-19-20-38-21-22-39-23-24-40-25-26-41-27-28-42-29-30-43-31-32-44-36(33-12-6-3-7-13-33,34-14-8-4-9-15-34)35-16-10-5-11-17-35/h2-17H,1,18-32H2. The van der Waals surface area contributed by atoms with Gasteiger partial charge >= 0.3 is 0 Å². The summed E-state index contributed by atoms with van der Waals surface area (Å²) in [6, 6.07) is 31.0. The van der Waals surface area contributed by atoms with Crippen molar-refractivity contribution >= 4 is 0 Å². The largest absolute Gasteiger partial charge is 0.377 e. The van der Waals surface area contributed by atoms with Gasteiger partial charge in [0.05, 0.1) is 99.1 Å². The fraction of sp³-hybridized carbons (Fsp3) is 0.444. The maximum absolute atomic E-state index is 6.71. The molecule has 3 rings (SSSR count). The minimum absolute atomic E-state index is 0.423. The van der Waals surface area contributed by atoms with Crippen LogP contribution in [0.3, 0.4) is 0 Å². The predicted octanol–water partition coefficient (Wildman–Crippen LogP) is 5.30. The van der Waals surface area contributed by atoms with Crippen LogP contribution in [-0.2, 0) is 43.5 Å². The zero-order valence-corrected chi connectivity index (χ0v) is 25.8.